The first-order valence-corrected chi connectivity index (χ1v) is 4.14. The monoisotopic (exact) mass is 165 g/mol. The maximum atomic E-state index is 5.91. The minimum atomic E-state index is 0.125. The molecule has 0 aliphatic heterocycles. The number of pyridine rings is 1. The normalized spacial score (nSPS) is 12.8. The summed E-state index contributed by atoms with van der Waals surface area (Å²) in [6.45, 7) is 0.948. The average Bonchev–Trinajstić information content (AvgIpc) is 2.15. The van der Waals surface area contributed by atoms with Crippen molar-refractivity contribution in [3.05, 3.63) is 30.1 Å². The molecule has 1 atom stereocenters. The van der Waals surface area contributed by atoms with Gasteiger partial charge in [-0.1, -0.05) is 0 Å². The molecular formula is C9H15N3. The molecule has 0 aliphatic rings. The van der Waals surface area contributed by atoms with Gasteiger partial charge in [0.2, 0.25) is 0 Å². The molecule has 0 aromatic carbocycles. The highest BCUT2D eigenvalue weighted by Gasteiger charge is 2.03. The highest BCUT2D eigenvalue weighted by atomic mass is 14.8. The van der Waals surface area contributed by atoms with Gasteiger partial charge in [-0.25, -0.2) is 0 Å². The van der Waals surface area contributed by atoms with Crippen molar-refractivity contribution in [2.24, 2.45) is 5.73 Å². The SMILES string of the molecule is CNCCC(N)c1ccncc1. The van der Waals surface area contributed by atoms with Crippen molar-refractivity contribution in [3.63, 3.8) is 0 Å². The summed E-state index contributed by atoms with van der Waals surface area (Å²) < 4.78 is 0. The lowest BCUT2D eigenvalue weighted by molar-refractivity contribution is 0.615. The lowest BCUT2D eigenvalue weighted by atomic mass is 10.1. The van der Waals surface area contributed by atoms with Crippen molar-refractivity contribution < 1.29 is 0 Å². The molecule has 3 nitrogen and oxygen atoms in total. The highest BCUT2D eigenvalue weighted by Crippen LogP contribution is 2.10. The summed E-state index contributed by atoms with van der Waals surface area (Å²) in [4.78, 5) is 3.94. The molecule has 1 heterocycles. The van der Waals surface area contributed by atoms with Crippen LogP contribution in [0.4, 0.5) is 0 Å². The molecule has 3 N–H and O–H groups in total. The Morgan fingerprint density at radius 3 is 2.75 bits per heavy atom. The quantitative estimate of drug-likeness (QED) is 0.690. The van der Waals surface area contributed by atoms with Gasteiger partial charge in [0, 0.05) is 18.4 Å². The first-order valence-electron chi connectivity index (χ1n) is 4.14. The predicted octanol–water partition coefficient (Wildman–Crippen LogP) is 0.691. The van der Waals surface area contributed by atoms with Crippen LogP contribution in [-0.4, -0.2) is 18.6 Å². The van der Waals surface area contributed by atoms with Crippen molar-refractivity contribution in [2.75, 3.05) is 13.6 Å². The molecule has 0 fully saturated rings. The number of nitrogens with two attached hydrogens (primary N) is 1. The van der Waals surface area contributed by atoms with Crippen LogP contribution in [0.25, 0.3) is 0 Å². The molecule has 1 rings (SSSR count). The Bertz CT molecular complexity index is 210. The Kier molecular flexibility index (Phi) is 3.70. The van der Waals surface area contributed by atoms with E-state index in [1.807, 2.05) is 19.2 Å². The topological polar surface area (TPSA) is 50.9 Å². The van der Waals surface area contributed by atoms with Gasteiger partial charge in [0.25, 0.3) is 0 Å². The molecule has 0 spiro atoms. The van der Waals surface area contributed by atoms with Crippen LogP contribution < -0.4 is 11.1 Å². The van der Waals surface area contributed by atoms with Gasteiger partial charge >= 0.3 is 0 Å². The van der Waals surface area contributed by atoms with E-state index < -0.39 is 0 Å². The Balaban J connectivity index is 2.48. The fourth-order valence-corrected chi connectivity index (χ4v) is 1.08. The number of aromatic nitrogens is 1. The summed E-state index contributed by atoms with van der Waals surface area (Å²) in [5.41, 5.74) is 7.07. The Morgan fingerprint density at radius 2 is 2.17 bits per heavy atom. The maximum absolute atomic E-state index is 5.91. The minimum absolute atomic E-state index is 0.125. The molecule has 1 unspecified atom stereocenters. The van der Waals surface area contributed by atoms with Crippen molar-refractivity contribution >= 4 is 0 Å². The summed E-state index contributed by atoms with van der Waals surface area (Å²) in [5.74, 6) is 0. The summed E-state index contributed by atoms with van der Waals surface area (Å²) >= 11 is 0. The van der Waals surface area contributed by atoms with Crippen LogP contribution in [0.5, 0.6) is 0 Å². The number of rotatable bonds is 4. The van der Waals surface area contributed by atoms with E-state index in [9.17, 15) is 0 Å². The summed E-state index contributed by atoms with van der Waals surface area (Å²) in [5, 5.41) is 3.07. The number of hydrogen-bond donors (Lipinski definition) is 2. The summed E-state index contributed by atoms with van der Waals surface area (Å²) in [6, 6.07) is 4.04. The van der Waals surface area contributed by atoms with E-state index in [-0.39, 0.29) is 6.04 Å². The van der Waals surface area contributed by atoms with Gasteiger partial charge < -0.3 is 11.1 Å². The van der Waals surface area contributed by atoms with Gasteiger partial charge in [-0.15, -0.1) is 0 Å². The van der Waals surface area contributed by atoms with Crippen molar-refractivity contribution in [1.29, 1.82) is 0 Å². The van der Waals surface area contributed by atoms with Crippen molar-refractivity contribution in [2.45, 2.75) is 12.5 Å². The number of nitrogens with zero attached hydrogens (tertiary/aromatic N) is 1. The van der Waals surface area contributed by atoms with Crippen molar-refractivity contribution in [1.82, 2.24) is 10.3 Å². The van der Waals surface area contributed by atoms with Crippen LogP contribution >= 0.6 is 0 Å². The molecule has 0 aliphatic carbocycles. The van der Waals surface area contributed by atoms with E-state index in [2.05, 4.69) is 10.3 Å². The fourth-order valence-electron chi connectivity index (χ4n) is 1.08. The standard InChI is InChI=1S/C9H15N3/c1-11-5-4-9(10)8-2-6-12-7-3-8/h2-3,6-7,9,11H,4-5,10H2,1H3. The van der Waals surface area contributed by atoms with Gasteiger partial charge in [0.05, 0.1) is 0 Å². The maximum Gasteiger partial charge on any atom is 0.0308 e. The van der Waals surface area contributed by atoms with Crippen LogP contribution in [0.1, 0.15) is 18.0 Å². The first kappa shape index (κ1) is 9.16. The van der Waals surface area contributed by atoms with E-state index in [0.29, 0.717) is 0 Å². The Morgan fingerprint density at radius 1 is 1.50 bits per heavy atom. The fraction of sp³-hybridized carbons (Fsp3) is 0.444. The zero-order valence-corrected chi connectivity index (χ0v) is 7.33. The molecule has 1 aromatic rings. The highest BCUT2D eigenvalue weighted by molar-refractivity contribution is 5.14. The van der Waals surface area contributed by atoms with Gasteiger partial charge in [0.1, 0.15) is 0 Å². The molecule has 0 saturated carbocycles. The van der Waals surface area contributed by atoms with Gasteiger partial charge in [0.15, 0.2) is 0 Å². The summed E-state index contributed by atoms with van der Waals surface area (Å²) in [7, 11) is 1.93. The van der Waals surface area contributed by atoms with Gasteiger partial charge in [-0.3, -0.25) is 4.98 Å². The molecule has 3 heteroatoms. The minimum Gasteiger partial charge on any atom is -0.324 e. The van der Waals surface area contributed by atoms with E-state index in [1.165, 1.54) is 0 Å². The third kappa shape index (κ3) is 2.60. The van der Waals surface area contributed by atoms with E-state index >= 15 is 0 Å². The van der Waals surface area contributed by atoms with E-state index in [1.54, 1.807) is 12.4 Å². The molecular weight excluding hydrogens is 150 g/mol. The second kappa shape index (κ2) is 4.85. The summed E-state index contributed by atoms with van der Waals surface area (Å²) in [6.07, 6.45) is 4.50. The second-order valence-corrected chi connectivity index (χ2v) is 2.78. The molecule has 1 aromatic heterocycles. The lowest BCUT2D eigenvalue weighted by Gasteiger charge is -2.10. The Hall–Kier alpha value is -0.930. The third-order valence-electron chi connectivity index (χ3n) is 1.84. The number of nitrogens with one attached hydrogen (secondary N) is 1. The van der Waals surface area contributed by atoms with Gasteiger partial charge in [-0.2, -0.15) is 0 Å². The molecule has 12 heavy (non-hydrogen) atoms. The van der Waals surface area contributed by atoms with Gasteiger partial charge in [-0.05, 0) is 37.7 Å². The number of hydrogen-bond acceptors (Lipinski definition) is 3. The van der Waals surface area contributed by atoms with Crippen LogP contribution in [0, 0.1) is 0 Å². The predicted molar refractivity (Wildman–Crippen MR) is 49.7 cm³/mol. The molecule has 0 radical (unpaired) electrons. The van der Waals surface area contributed by atoms with Crippen molar-refractivity contribution in [3.8, 4) is 0 Å². The molecule has 0 bridgehead atoms. The zero-order chi connectivity index (χ0) is 8.81. The van der Waals surface area contributed by atoms with E-state index in [0.717, 1.165) is 18.5 Å². The van der Waals surface area contributed by atoms with Crippen LogP contribution in [0.2, 0.25) is 0 Å². The average molecular weight is 165 g/mol. The second-order valence-electron chi connectivity index (χ2n) is 2.78. The Labute approximate surface area is 73.0 Å². The molecule has 66 valence electrons. The van der Waals surface area contributed by atoms with Crippen LogP contribution in [0.15, 0.2) is 24.5 Å². The van der Waals surface area contributed by atoms with Crippen LogP contribution in [0.3, 0.4) is 0 Å². The molecule has 0 saturated heterocycles. The van der Waals surface area contributed by atoms with E-state index in [4.69, 9.17) is 5.73 Å². The van der Waals surface area contributed by atoms with Crippen LogP contribution in [-0.2, 0) is 0 Å². The largest absolute Gasteiger partial charge is 0.324 e. The smallest absolute Gasteiger partial charge is 0.0308 e. The first-order chi connectivity index (χ1) is 5.84. The zero-order valence-electron chi connectivity index (χ0n) is 7.33. The molecule has 0 amide bonds. The third-order valence-corrected chi connectivity index (χ3v) is 1.84. The lowest BCUT2D eigenvalue weighted by Crippen LogP contribution is -2.17.